The molecule has 0 saturated carbocycles. The van der Waals surface area contributed by atoms with Crippen LogP contribution in [0.3, 0.4) is 0 Å². The number of rotatable bonds is 4. The molecule has 2 atom stereocenters. The molecular weight excluding hydrogens is 254 g/mol. The first-order valence-electron chi connectivity index (χ1n) is 7.21. The van der Waals surface area contributed by atoms with Crippen LogP contribution in [0, 0.1) is 17.8 Å². The van der Waals surface area contributed by atoms with Gasteiger partial charge in [0, 0.05) is 25.6 Å². The van der Waals surface area contributed by atoms with Gasteiger partial charge in [0.25, 0.3) is 0 Å². The van der Waals surface area contributed by atoms with Gasteiger partial charge in [-0.15, -0.1) is 11.8 Å². The molecule has 0 spiro atoms. The fourth-order valence-electron chi connectivity index (χ4n) is 2.42. The lowest BCUT2D eigenvalue weighted by molar-refractivity contribution is 0.0285. The van der Waals surface area contributed by atoms with E-state index in [0.717, 1.165) is 25.8 Å². The highest BCUT2D eigenvalue weighted by Crippen LogP contribution is 2.23. The lowest BCUT2D eigenvalue weighted by Gasteiger charge is -2.25. The van der Waals surface area contributed by atoms with Gasteiger partial charge in [0.2, 0.25) is 0 Å². The van der Waals surface area contributed by atoms with Crippen LogP contribution >= 0.6 is 0 Å². The Bertz CT molecular complexity index is 379. The first-order chi connectivity index (χ1) is 9.37. The zero-order chi connectivity index (χ0) is 15.2. The molecule has 3 N–H and O–H groups in total. The number of nitrogens with zero attached hydrogens (tertiary/aromatic N) is 1. The Kier molecular flexibility index (Phi) is 6.31. The Labute approximate surface area is 122 Å². The minimum atomic E-state index is -0.447. The average Bonchev–Trinajstić information content (AvgIpc) is 2.82. The average molecular weight is 281 g/mol. The Hall–Kier alpha value is -1.25. The first kappa shape index (κ1) is 16.8. The summed E-state index contributed by atoms with van der Waals surface area (Å²) in [6, 6.07) is 0.197. The number of likely N-dealkylation sites (tertiary alicyclic amines) is 1. The minimum absolute atomic E-state index is 0.197. The van der Waals surface area contributed by atoms with Crippen LogP contribution in [-0.4, -0.2) is 35.7 Å². The lowest BCUT2D eigenvalue weighted by atomic mass is 9.95. The number of hydrogen-bond donors (Lipinski definition) is 2. The van der Waals surface area contributed by atoms with Gasteiger partial charge in [-0.1, -0.05) is 0 Å². The largest absolute Gasteiger partial charge is 0.444 e. The van der Waals surface area contributed by atoms with E-state index in [1.165, 1.54) is 0 Å². The fraction of sp³-hybridized carbons (Fsp3) is 0.800. The smallest absolute Gasteiger partial charge is 0.410 e. The predicted molar refractivity (Wildman–Crippen MR) is 79.7 cm³/mol. The van der Waals surface area contributed by atoms with Crippen molar-refractivity contribution >= 4 is 6.09 Å². The fourth-order valence-corrected chi connectivity index (χ4v) is 2.42. The van der Waals surface area contributed by atoms with Crippen LogP contribution in [0.25, 0.3) is 0 Å². The minimum Gasteiger partial charge on any atom is -0.444 e. The molecule has 1 rings (SSSR count). The molecule has 20 heavy (non-hydrogen) atoms. The standard InChI is InChI=1S/C15H27N3O2/c1-5-6-7-8-13(17-16)12-9-10-18(11-12)14(19)20-15(2,3)4/h12-13,17H,7-11,16H2,1-4H3. The quantitative estimate of drug-likeness (QED) is 0.469. The van der Waals surface area contributed by atoms with E-state index in [0.29, 0.717) is 12.5 Å². The summed E-state index contributed by atoms with van der Waals surface area (Å²) in [4.78, 5) is 13.8. The van der Waals surface area contributed by atoms with Gasteiger partial charge >= 0.3 is 6.09 Å². The molecule has 0 aromatic heterocycles. The molecular formula is C15H27N3O2. The number of nitrogens with two attached hydrogens (primary N) is 1. The second kappa shape index (κ2) is 7.51. The number of amides is 1. The highest BCUT2D eigenvalue weighted by atomic mass is 16.6. The van der Waals surface area contributed by atoms with Crippen molar-refractivity contribution in [3.63, 3.8) is 0 Å². The van der Waals surface area contributed by atoms with Gasteiger partial charge in [-0.2, -0.15) is 0 Å². The van der Waals surface area contributed by atoms with Gasteiger partial charge < -0.3 is 9.64 Å². The predicted octanol–water partition coefficient (Wildman–Crippen LogP) is 1.88. The van der Waals surface area contributed by atoms with Crippen molar-refractivity contribution in [1.82, 2.24) is 10.3 Å². The molecule has 0 bridgehead atoms. The molecule has 1 heterocycles. The van der Waals surface area contributed by atoms with Gasteiger partial charge in [0.15, 0.2) is 0 Å². The molecule has 114 valence electrons. The van der Waals surface area contributed by atoms with Crippen molar-refractivity contribution in [3.05, 3.63) is 0 Å². The lowest BCUT2D eigenvalue weighted by Crippen LogP contribution is -2.43. The molecule has 1 saturated heterocycles. The Morgan fingerprint density at radius 2 is 2.25 bits per heavy atom. The van der Waals surface area contributed by atoms with Crippen molar-refractivity contribution in [2.24, 2.45) is 11.8 Å². The molecule has 1 aliphatic rings. The molecule has 0 aliphatic carbocycles. The number of ether oxygens (including phenoxy) is 1. The number of carbonyl (C=O) groups is 1. The SMILES string of the molecule is CC#CCCC(NN)C1CCN(C(=O)OC(C)(C)C)C1. The molecule has 1 fully saturated rings. The van der Waals surface area contributed by atoms with Gasteiger partial charge in [0.05, 0.1) is 0 Å². The maximum Gasteiger partial charge on any atom is 0.410 e. The Morgan fingerprint density at radius 3 is 2.80 bits per heavy atom. The molecule has 2 unspecified atom stereocenters. The van der Waals surface area contributed by atoms with E-state index >= 15 is 0 Å². The number of hydrazine groups is 1. The molecule has 1 aliphatic heterocycles. The molecule has 0 radical (unpaired) electrons. The maximum absolute atomic E-state index is 12.0. The van der Waals surface area contributed by atoms with Crippen molar-refractivity contribution in [3.8, 4) is 11.8 Å². The molecule has 0 aromatic carbocycles. The third kappa shape index (κ3) is 5.40. The molecule has 5 nitrogen and oxygen atoms in total. The van der Waals surface area contributed by atoms with Gasteiger partial charge in [0.1, 0.15) is 5.60 Å². The van der Waals surface area contributed by atoms with Crippen LogP contribution in [0.1, 0.15) is 47.0 Å². The zero-order valence-electron chi connectivity index (χ0n) is 13.0. The Morgan fingerprint density at radius 1 is 1.55 bits per heavy atom. The monoisotopic (exact) mass is 281 g/mol. The highest BCUT2D eigenvalue weighted by Gasteiger charge is 2.33. The third-order valence-corrected chi connectivity index (χ3v) is 3.42. The molecule has 0 aromatic rings. The van der Waals surface area contributed by atoms with Gasteiger partial charge in [-0.3, -0.25) is 11.3 Å². The van der Waals surface area contributed by atoms with Crippen molar-refractivity contribution in [2.75, 3.05) is 13.1 Å². The van der Waals surface area contributed by atoms with E-state index in [2.05, 4.69) is 17.3 Å². The van der Waals surface area contributed by atoms with Crippen LogP contribution in [0.15, 0.2) is 0 Å². The van der Waals surface area contributed by atoms with Crippen LogP contribution in [0.4, 0.5) is 4.79 Å². The van der Waals surface area contributed by atoms with Crippen LogP contribution in [0.5, 0.6) is 0 Å². The van der Waals surface area contributed by atoms with E-state index in [1.807, 2.05) is 27.7 Å². The molecule has 1 amide bonds. The summed E-state index contributed by atoms with van der Waals surface area (Å²) in [7, 11) is 0. The third-order valence-electron chi connectivity index (χ3n) is 3.42. The number of carbonyl (C=O) groups excluding carboxylic acids is 1. The van der Waals surface area contributed by atoms with E-state index in [9.17, 15) is 4.79 Å². The first-order valence-corrected chi connectivity index (χ1v) is 7.21. The van der Waals surface area contributed by atoms with E-state index < -0.39 is 5.60 Å². The van der Waals surface area contributed by atoms with Crippen molar-refractivity contribution < 1.29 is 9.53 Å². The summed E-state index contributed by atoms with van der Waals surface area (Å²) in [6.45, 7) is 8.91. The summed E-state index contributed by atoms with van der Waals surface area (Å²) < 4.78 is 5.39. The summed E-state index contributed by atoms with van der Waals surface area (Å²) in [5.74, 6) is 11.9. The highest BCUT2D eigenvalue weighted by molar-refractivity contribution is 5.68. The van der Waals surface area contributed by atoms with Crippen LogP contribution in [-0.2, 0) is 4.74 Å². The summed E-state index contributed by atoms with van der Waals surface area (Å²) in [6.07, 6.45) is 2.45. The number of nitrogens with one attached hydrogen (secondary N) is 1. The van der Waals surface area contributed by atoms with Crippen molar-refractivity contribution in [2.45, 2.75) is 58.6 Å². The number of hydrogen-bond acceptors (Lipinski definition) is 4. The van der Waals surface area contributed by atoms with E-state index in [-0.39, 0.29) is 12.1 Å². The van der Waals surface area contributed by atoms with Gasteiger partial charge in [-0.25, -0.2) is 4.79 Å². The van der Waals surface area contributed by atoms with Gasteiger partial charge in [-0.05, 0) is 46.5 Å². The normalized spacial score (nSPS) is 20.2. The summed E-state index contributed by atoms with van der Waals surface area (Å²) in [5, 5.41) is 0. The van der Waals surface area contributed by atoms with Crippen LogP contribution in [0.2, 0.25) is 0 Å². The zero-order valence-corrected chi connectivity index (χ0v) is 13.0. The van der Waals surface area contributed by atoms with Crippen LogP contribution < -0.4 is 11.3 Å². The topological polar surface area (TPSA) is 67.6 Å². The van der Waals surface area contributed by atoms with E-state index in [4.69, 9.17) is 10.6 Å². The second-order valence-electron chi connectivity index (χ2n) is 6.21. The second-order valence-corrected chi connectivity index (χ2v) is 6.21. The Balaban J connectivity index is 2.47. The van der Waals surface area contributed by atoms with Crippen molar-refractivity contribution in [1.29, 1.82) is 0 Å². The summed E-state index contributed by atoms with van der Waals surface area (Å²) >= 11 is 0. The maximum atomic E-state index is 12.0. The van der Waals surface area contributed by atoms with E-state index in [1.54, 1.807) is 4.90 Å². The summed E-state index contributed by atoms with van der Waals surface area (Å²) in [5.41, 5.74) is 2.42. The molecule has 5 heteroatoms.